The number of amides is 1. The molecular formula is C25H43NO5S. The van der Waals surface area contributed by atoms with Crippen LogP contribution < -0.4 is 5.32 Å². The van der Waals surface area contributed by atoms with Crippen LogP contribution in [0.4, 0.5) is 0 Å². The quantitative estimate of drug-likeness (QED) is 0.459. The van der Waals surface area contributed by atoms with Gasteiger partial charge in [-0.05, 0) is 78.4 Å². The van der Waals surface area contributed by atoms with Gasteiger partial charge in [-0.3, -0.25) is 14.4 Å². The SMILES string of the molecule is CCOC(=O)[C@H]1CC[C@@H](NC(=O)C2(CC(CSCC)C(=O)OC(C)(C)C)CCCC2)CC1. The summed E-state index contributed by atoms with van der Waals surface area (Å²) in [6.07, 6.45) is 7.35. The molecule has 1 amide bonds. The molecule has 0 aromatic carbocycles. The van der Waals surface area contributed by atoms with E-state index in [4.69, 9.17) is 9.47 Å². The lowest BCUT2D eigenvalue weighted by Gasteiger charge is -2.35. The second-order valence-corrected chi connectivity index (χ2v) is 11.7. The van der Waals surface area contributed by atoms with Crippen molar-refractivity contribution in [1.29, 1.82) is 0 Å². The highest BCUT2D eigenvalue weighted by Gasteiger charge is 2.45. The molecule has 0 radical (unpaired) electrons. The van der Waals surface area contributed by atoms with E-state index in [1.165, 1.54) is 0 Å². The Morgan fingerprint density at radius 3 is 2.22 bits per heavy atom. The molecule has 0 aromatic heterocycles. The molecule has 0 saturated heterocycles. The van der Waals surface area contributed by atoms with Crippen LogP contribution in [0.15, 0.2) is 0 Å². The fourth-order valence-corrected chi connectivity index (χ4v) is 5.75. The van der Waals surface area contributed by atoms with Gasteiger partial charge in [0.05, 0.1) is 23.9 Å². The number of ether oxygens (including phenoxy) is 2. The third-order valence-corrected chi connectivity index (χ3v) is 7.67. The van der Waals surface area contributed by atoms with Crippen molar-refractivity contribution in [3.63, 3.8) is 0 Å². The van der Waals surface area contributed by atoms with Gasteiger partial charge in [0.15, 0.2) is 0 Å². The Kier molecular flexibility index (Phi) is 10.4. The van der Waals surface area contributed by atoms with Gasteiger partial charge >= 0.3 is 11.9 Å². The Morgan fingerprint density at radius 2 is 1.69 bits per heavy atom. The van der Waals surface area contributed by atoms with Gasteiger partial charge in [-0.15, -0.1) is 0 Å². The molecule has 0 aromatic rings. The van der Waals surface area contributed by atoms with Gasteiger partial charge < -0.3 is 14.8 Å². The molecule has 184 valence electrons. The summed E-state index contributed by atoms with van der Waals surface area (Å²) in [6, 6.07) is 0.0932. The van der Waals surface area contributed by atoms with Crippen LogP contribution in [0.3, 0.4) is 0 Å². The second-order valence-electron chi connectivity index (χ2n) is 10.4. The van der Waals surface area contributed by atoms with E-state index in [1.54, 1.807) is 11.8 Å². The number of carbonyl (C=O) groups is 3. The number of rotatable bonds is 10. The number of carbonyl (C=O) groups excluding carboxylic acids is 3. The number of esters is 2. The van der Waals surface area contributed by atoms with Crippen LogP contribution in [0, 0.1) is 17.3 Å². The molecule has 2 saturated carbocycles. The fourth-order valence-electron chi connectivity index (χ4n) is 4.97. The summed E-state index contributed by atoms with van der Waals surface area (Å²) in [5.74, 6) is 1.08. The number of hydrogen-bond donors (Lipinski definition) is 1. The molecule has 0 bridgehead atoms. The molecule has 6 nitrogen and oxygen atoms in total. The van der Waals surface area contributed by atoms with Gasteiger partial charge in [0.25, 0.3) is 0 Å². The van der Waals surface area contributed by atoms with Crippen molar-refractivity contribution in [2.75, 3.05) is 18.1 Å². The first-order valence-electron chi connectivity index (χ1n) is 12.4. The minimum Gasteiger partial charge on any atom is -0.466 e. The predicted molar refractivity (Wildman–Crippen MR) is 128 cm³/mol. The largest absolute Gasteiger partial charge is 0.466 e. The van der Waals surface area contributed by atoms with Gasteiger partial charge in [0.2, 0.25) is 5.91 Å². The average molecular weight is 470 g/mol. The minimum absolute atomic E-state index is 0.0499. The molecule has 1 unspecified atom stereocenters. The minimum atomic E-state index is -0.533. The smallest absolute Gasteiger partial charge is 0.310 e. The first kappa shape index (κ1) is 27.0. The molecule has 0 spiro atoms. The Bertz CT molecular complexity index is 631. The van der Waals surface area contributed by atoms with E-state index in [-0.39, 0.29) is 35.7 Å². The van der Waals surface area contributed by atoms with Crippen LogP contribution in [0.5, 0.6) is 0 Å². The number of nitrogens with one attached hydrogen (secondary N) is 1. The van der Waals surface area contributed by atoms with Crippen molar-refractivity contribution in [2.45, 2.75) is 104 Å². The lowest BCUT2D eigenvalue weighted by molar-refractivity contribution is -0.160. The molecule has 1 N–H and O–H groups in total. The molecule has 1 atom stereocenters. The first-order chi connectivity index (χ1) is 15.1. The topological polar surface area (TPSA) is 81.7 Å². The van der Waals surface area contributed by atoms with Crippen LogP contribution >= 0.6 is 11.8 Å². The highest BCUT2D eigenvalue weighted by atomic mass is 32.2. The van der Waals surface area contributed by atoms with Gasteiger partial charge in [0, 0.05) is 11.8 Å². The third kappa shape index (κ3) is 7.96. The molecule has 2 aliphatic carbocycles. The Morgan fingerprint density at radius 1 is 1.06 bits per heavy atom. The summed E-state index contributed by atoms with van der Waals surface area (Å²) in [6.45, 7) is 9.99. The number of hydrogen-bond acceptors (Lipinski definition) is 6. The van der Waals surface area contributed by atoms with Crippen molar-refractivity contribution >= 4 is 29.6 Å². The zero-order chi connectivity index (χ0) is 23.8. The third-order valence-electron chi connectivity index (χ3n) is 6.63. The molecule has 2 rings (SSSR count). The fraction of sp³-hybridized carbons (Fsp3) is 0.880. The summed E-state index contributed by atoms with van der Waals surface area (Å²) < 4.78 is 10.9. The number of thioether (sulfide) groups is 1. The Balaban J connectivity index is 2.02. The predicted octanol–water partition coefficient (Wildman–Crippen LogP) is 4.89. The van der Waals surface area contributed by atoms with Crippen molar-refractivity contribution in [1.82, 2.24) is 5.32 Å². The second kappa shape index (κ2) is 12.3. The molecule has 2 aliphatic rings. The van der Waals surface area contributed by atoms with Crippen LogP contribution in [-0.4, -0.2) is 47.6 Å². The maximum absolute atomic E-state index is 13.5. The maximum Gasteiger partial charge on any atom is 0.310 e. The lowest BCUT2D eigenvalue weighted by Crippen LogP contribution is -2.47. The monoisotopic (exact) mass is 469 g/mol. The summed E-state index contributed by atoms with van der Waals surface area (Å²) in [5.41, 5.74) is -1.03. The molecule has 0 heterocycles. The van der Waals surface area contributed by atoms with Crippen LogP contribution in [0.25, 0.3) is 0 Å². The highest BCUT2D eigenvalue weighted by Crippen LogP contribution is 2.45. The van der Waals surface area contributed by atoms with Crippen molar-refractivity contribution in [2.24, 2.45) is 17.3 Å². The summed E-state index contributed by atoms with van der Waals surface area (Å²) in [5, 5.41) is 3.29. The summed E-state index contributed by atoms with van der Waals surface area (Å²) in [7, 11) is 0. The highest BCUT2D eigenvalue weighted by molar-refractivity contribution is 7.99. The average Bonchev–Trinajstić information content (AvgIpc) is 3.20. The van der Waals surface area contributed by atoms with Crippen molar-refractivity contribution in [3.05, 3.63) is 0 Å². The van der Waals surface area contributed by atoms with E-state index in [1.807, 2.05) is 27.7 Å². The van der Waals surface area contributed by atoms with Gasteiger partial charge in [-0.1, -0.05) is 19.8 Å². The zero-order valence-electron chi connectivity index (χ0n) is 20.7. The van der Waals surface area contributed by atoms with E-state index >= 15 is 0 Å². The Labute approximate surface area is 198 Å². The molecule has 7 heteroatoms. The summed E-state index contributed by atoms with van der Waals surface area (Å²) in [4.78, 5) is 38.5. The van der Waals surface area contributed by atoms with E-state index in [0.717, 1.165) is 57.1 Å². The normalized spacial score (nSPS) is 23.9. The van der Waals surface area contributed by atoms with Gasteiger partial charge in [-0.25, -0.2) is 0 Å². The van der Waals surface area contributed by atoms with E-state index in [2.05, 4.69) is 12.2 Å². The molecule has 0 aliphatic heterocycles. The van der Waals surface area contributed by atoms with Crippen molar-refractivity contribution in [3.8, 4) is 0 Å². The van der Waals surface area contributed by atoms with E-state index in [9.17, 15) is 14.4 Å². The van der Waals surface area contributed by atoms with E-state index in [0.29, 0.717) is 18.8 Å². The molecular weight excluding hydrogens is 426 g/mol. The first-order valence-corrected chi connectivity index (χ1v) is 13.5. The van der Waals surface area contributed by atoms with Crippen LogP contribution in [0.2, 0.25) is 0 Å². The zero-order valence-corrected chi connectivity index (χ0v) is 21.5. The molecule has 32 heavy (non-hydrogen) atoms. The van der Waals surface area contributed by atoms with Gasteiger partial charge in [0.1, 0.15) is 5.60 Å². The van der Waals surface area contributed by atoms with Crippen molar-refractivity contribution < 1.29 is 23.9 Å². The standard InChI is InChI=1S/C25H43NO5S/c1-6-30-21(27)18-10-12-20(13-11-18)26-23(29)25(14-8-9-15-25)16-19(17-32-7-2)22(28)31-24(3,4)5/h18-20H,6-17H2,1-5H3,(H,26,29)/t18-,19?,20+. The van der Waals surface area contributed by atoms with Gasteiger partial charge in [-0.2, -0.15) is 11.8 Å². The molecule has 2 fully saturated rings. The maximum atomic E-state index is 13.5. The summed E-state index contributed by atoms with van der Waals surface area (Å²) >= 11 is 1.73. The lowest BCUT2D eigenvalue weighted by atomic mass is 9.76. The Hall–Kier alpha value is -1.24. The van der Waals surface area contributed by atoms with Crippen LogP contribution in [-0.2, 0) is 23.9 Å². The van der Waals surface area contributed by atoms with Crippen LogP contribution in [0.1, 0.15) is 92.4 Å². The van der Waals surface area contributed by atoms with E-state index < -0.39 is 11.0 Å².